The van der Waals surface area contributed by atoms with Crippen LogP contribution in [-0.2, 0) is 9.59 Å². The third-order valence-electron chi connectivity index (χ3n) is 5.72. The Labute approximate surface area is 208 Å². The maximum Gasteiger partial charge on any atom is 0.222 e. The van der Waals surface area contributed by atoms with Crippen LogP contribution in [-0.4, -0.2) is 52.5 Å². The van der Waals surface area contributed by atoms with Crippen LogP contribution in [0.15, 0.2) is 47.5 Å². The van der Waals surface area contributed by atoms with E-state index < -0.39 is 6.04 Å². The summed E-state index contributed by atoms with van der Waals surface area (Å²) in [6, 6.07) is 12.6. The van der Waals surface area contributed by atoms with Crippen LogP contribution in [0.1, 0.15) is 48.6 Å². The van der Waals surface area contributed by atoms with Gasteiger partial charge < -0.3 is 15.4 Å². The highest BCUT2D eigenvalue weighted by atomic mass is 35.5. The van der Waals surface area contributed by atoms with Crippen molar-refractivity contribution in [3.8, 4) is 11.4 Å². The molecule has 2 heterocycles. The normalized spacial score (nSPS) is 14.3. The molecular weight excluding hydrogens is 468 g/mol. The lowest BCUT2D eigenvalue weighted by molar-refractivity contribution is -0.123. The number of methoxy groups -OCH3 is 1. The molecule has 0 radical (unpaired) electrons. The summed E-state index contributed by atoms with van der Waals surface area (Å²) in [5, 5.41) is 14.9. The Hall–Kier alpha value is -3.72. The summed E-state index contributed by atoms with van der Waals surface area (Å²) in [4.78, 5) is 29.3. The SMILES string of the molecule is CCC(=O)NCCNC(=O)C[C@@H]1N=C(c2ccc(Cl)cc2)c2cc(OC)ccc2-n2c(C)nnc21. The fraction of sp³-hybridized carbons (Fsp3) is 0.320. The summed E-state index contributed by atoms with van der Waals surface area (Å²) in [7, 11) is 1.61. The molecule has 2 N–H and O–H groups in total. The number of ether oxygens (including phenoxy) is 1. The maximum absolute atomic E-state index is 12.8. The summed E-state index contributed by atoms with van der Waals surface area (Å²) in [5.74, 6) is 1.69. The van der Waals surface area contributed by atoms with Gasteiger partial charge in [-0.05, 0) is 37.3 Å². The molecule has 182 valence electrons. The van der Waals surface area contributed by atoms with Gasteiger partial charge in [-0.15, -0.1) is 10.2 Å². The highest BCUT2D eigenvalue weighted by Gasteiger charge is 2.30. The van der Waals surface area contributed by atoms with Gasteiger partial charge in [0.25, 0.3) is 0 Å². The number of fused-ring (bicyclic) bond motifs is 3. The van der Waals surface area contributed by atoms with Gasteiger partial charge >= 0.3 is 0 Å². The zero-order valence-corrected chi connectivity index (χ0v) is 20.6. The first-order valence-corrected chi connectivity index (χ1v) is 11.8. The van der Waals surface area contributed by atoms with E-state index in [0.29, 0.717) is 47.6 Å². The maximum atomic E-state index is 12.8. The van der Waals surface area contributed by atoms with Crippen LogP contribution in [0.25, 0.3) is 5.69 Å². The summed E-state index contributed by atoms with van der Waals surface area (Å²) in [6.07, 6.45) is 0.473. The molecule has 3 aromatic rings. The van der Waals surface area contributed by atoms with E-state index in [4.69, 9.17) is 21.3 Å². The predicted octanol–water partition coefficient (Wildman–Crippen LogP) is 3.16. The molecule has 10 heteroatoms. The molecule has 35 heavy (non-hydrogen) atoms. The van der Waals surface area contributed by atoms with Gasteiger partial charge in [-0.25, -0.2) is 0 Å². The second kappa shape index (κ2) is 10.7. The van der Waals surface area contributed by atoms with Crippen molar-refractivity contribution in [1.29, 1.82) is 0 Å². The first-order valence-electron chi connectivity index (χ1n) is 11.4. The molecule has 2 amide bonds. The molecule has 9 nitrogen and oxygen atoms in total. The van der Waals surface area contributed by atoms with Crippen molar-refractivity contribution in [1.82, 2.24) is 25.4 Å². The number of carbonyl (C=O) groups is 2. The molecule has 2 aromatic carbocycles. The average Bonchev–Trinajstić information content (AvgIpc) is 3.19. The lowest BCUT2D eigenvalue weighted by atomic mass is 10.00. The average molecular weight is 495 g/mol. The largest absolute Gasteiger partial charge is 0.497 e. The van der Waals surface area contributed by atoms with E-state index in [1.165, 1.54) is 0 Å². The number of hydrogen-bond donors (Lipinski definition) is 2. The summed E-state index contributed by atoms with van der Waals surface area (Å²) < 4.78 is 7.42. The summed E-state index contributed by atoms with van der Waals surface area (Å²) >= 11 is 6.13. The van der Waals surface area contributed by atoms with Crippen molar-refractivity contribution in [3.05, 3.63) is 70.3 Å². The minimum atomic E-state index is -0.578. The lowest BCUT2D eigenvalue weighted by Crippen LogP contribution is -2.34. The van der Waals surface area contributed by atoms with Crippen LogP contribution in [0.4, 0.5) is 0 Å². The number of amides is 2. The number of nitrogens with zero attached hydrogens (tertiary/aromatic N) is 4. The minimum Gasteiger partial charge on any atom is -0.497 e. The second-order valence-corrected chi connectivity index (χ2v) is 8.52. The van der Waals surface area contributed by atoms with E-state index in [9.17, 15) is 9.59 Å². The van der Waals surface area contributed by atoms with Crippen molar-refractivity contribution in [3.63, 3.8) is 0 Å². The van der Waals surface area contributed by atoms with E-state index in [1.807, 2.05) is 54.0 Å². The molecule has 0 spiro atoms. The predicted molar refractivity (Wildman–Crippen MR) is 133 cm³/mol. The molecule has 0 unspecified atom stereocenters. The van der Waals surface area contributed by atoms with E-state index in [1.54, 1.807) is 14.0 Å². The number of rotatable bonds is 8. The number of aryl methyl sites for hydroxylation is 1. The van der Waals surface area contributed by atoms with Gasteiger partial charge in [-0.1, -0.05) is 30.7 Å². The number of hydrogen-bond acceptors (Lipinski definition) is 6. The second-order valence-electron chi connectivity index (χ2n) is 8.08. The third-order valence-corrected chi connectivity index (χ3v) is 5.97. The van der Waals surface area contributed by atoms with Gasteiger partial charge in [0.15, 0.2) is 5.82 Å². The van der Waals surface area contributed by atoms with Crippen LogP contribution in [0, 0.1) is 6.92 Å². The number of halogens is 1. The zero-order valence-electron chi connectivity index (χ0n) is 19.8. The minimum absolute atomic E-state index is 0.0583. The Morgan fingerprint density at radius 2 is 1.77 bits per heavy atom. The van der Waals surface area contributed by atoms with Crippen molar-refractivity contribution in [2.45, 2.75) is 32.7 Å². The van der Waals surface area contributed by atoms with Gasteiger partial charge in [0.1, 0.15) is 17.6 Å². The van der Waals surface area contributed by atoms with Gasteiger partial charge in [-0.3, -0.25) is 19.1 Å². The zero-order chi connectivity index (χ0) is 24.9. The number of carbonyl (C=O) groups excluding carboxylic acids is 2. The molecule has 1 aliphatic rings. The van der Waals surface area contributed by atoms with E-state index >= 15 is 0 Å². The molecular formula is C25H27ClN6O3. The van der Waals surface area contributed by atoms with Gasteiger partial charge in [0.2, 0.25) is 11.8 Å². The Balaban J connectivity index is 1.72. The summed E-state index contributed by atoms with van der Waals surface area (Å²) in [6.45, 7) is 4.34. The van der Waals surface area contributed by atoms with Crippen LogP contribution >= 0.6 is 11.6 Å². The summed E-state index contributed by atoms with van der Waals surface area (Å²) in [5.41, 5.74) is 3.24. The van der Waals surface area contributed by atoms with Crippen molar-refractivity contribution in [2.24, 2.45) is 4.99 Å². The Bertz CT molecular complexity index is 1270. The monoisotopic (exact) mass is 494 g/mol. The number of aliphatic imine (C=N–C) groups is 1. The highest BCUT2D eigenvalue weighted by Crippen LogP contribution is 2.34. The Morgan fingerprint density at radius 1 is 1.06 bits per heavy atom. The Morgan fingerprint density at radius 3 is 2.46 bits per heavy atom. The fourth-order valence-corrected chi connectivity index (χ4v) is 4.08. The van der Waals surface area contributed by atoms with Crippen LogP contribution in [0.2, 0.25) is 5.02 Å². The smallest absolute Gasteiger partial charge is 0.222 e. The molecule has 1 atom stereocenters. The highest BCUT2D eigenvalue weighted by molar-refractivity contribution is 6.30. The number of aromatic nitrogens is 3. The fourth-order valence-electron chi connectivity index (χ4n) is 3.95. The topological polar surface area (TPSA) is 110 Å². The molecule has 4 rings (SSSR count). The molecule has 0 aliphatic carbocycles. The van der Waals surface area contributed by atoms with Gasteiger partial charge in [0.05, 0.1) is 24.9 Å². The lowest BCUT2D eigenvalue weighted by Gasteiger charge is -2.14. The van der Waals surface area contributed by atoms with E-state index in [-0.39, 0.29) is 18.2 Å². The van der Waals surface area contributed by atoms with Crippen LogP contribution < -0.4 is 15.4 Å². The standard InChI is InChI=1S/C25H27ClN6O3/c1-4-22(33)27-11-12-28-23(34)14-20-25-31-30-15(2)32(25)21-10-9-18(35-3)13-19(21)24(29-20)16-5-7-17(26)8-6-16/h5-10,13,20H,4,11-12,14H2,1-3H3,(H,27,33)(H,28,34)/t20-/m0/s1. The van der Waals surface area contributed by atoms with Crippen molar-refractivity contribution in [2.75, 3.05) is 20.2 Å². The van der Waals surface area contributed by atoms with Gasteiger partial charge in [-0.2, -0.15) is 0 Å². The van der Waals surface area contributed by atoms with Gasteiger partial charge in [0, 0.05) is 35.7 Å². The quantitative estimate of drug-likeness (QED) is 0.467. The van der Waals surface area contributed by atoms with Crippen LogP contribution in [0.3, 0.4) is 0 Å². The van der Waals surface area contributed by atoms with E-state index in [2.05, 4.69) is 20.8 Å². The Kier molecular flexibility index (Phi) is 7.45. The van der Waals surface area contributed by atoms with Crippen molar-refractivity contribution < 1.29 is 14.3 Å². The van der Waals surface area contributed by atoms with E-state index in [0.717, 1.165) is 16.8 Å². The first-order chi connectivity index (χ1) is 16.9. The molecule has 1 aliphatic heterocycles. The first kappa shape index (κ1) is 24.4. The van der Waals surface area contributed by atoms with Crippen molar-refractivity contribution >= 4 is 29.1 Å². The molecule has 0 saturated heterocycles. The number of benzene rings is 2. The van der Waals surface area contributed by atoms with Crippen LogP contribution in [0.5, 0.6) is 5.75 Å². The number of nitrogens with one attached hydrogen (secondary N) is 2. The molecule has 0 fully saturated rings. The molecule has 1 aromatic heterocycles. The molecule has 0 saturated carbocycles. The molecule has 0 bridgehead atoms. The third kappa shape index (κ3) is 5.35.